The van der Waals surface area contributed by atoms with E-state index in [-0.39, 0.29) is 0 Å². The molecule has 18 heteroatoms. The van der Waals surface area contributed by atoms with Gasteiger partial charge >= 0.3 is 7.82 Å². The van der Waals surface area contributed by atoms with Crippen LogP contribution in [-0.2, 0) is 27.8 Å². The van der Waals surface area contributed by atoms with Gasteiger partial charge in [-0.1, -0.05) is 0 Å². The highest BCUT2D eigenvalue weighted by Gasteiger charge is 2.48. The number of aliphatic hydroxyl groups is 10. The van der Waals surface area contributed by atoms with Crippen LogP contribution >= 0.6 is 7.82 Å². The number of ether oxygens (including phenoxy) is 3. The molecule has 2 saturated heterocycles. The molecule has 0 saturated carbocycles. The molecule has 1 unspecified atom stereocenters. The number of rotatable bonds is 11. The lowest BCUT2D eigenvalue weighted by atomic mass is 9.99. The van der Waals surface area contributed by atoms with E-state index < -0.39 is 107 Å². The van der Waals surface area contributed by atoms with E-state index in [9.17, 15) is 50.3 Å². The SMILES string of the molecule is C[C@@H]1O[C@@H](O[C@H](COP(=O)(O)O[C@@H]2[C@@H](O)[C@@H](O)[C@@H](CO)O[C@@H]2O)[C@@H](O)[C@@H](O)CO)[C@H](O)[C@H](O)[C@H]1O. The first-order valence-electron chi connectivity index (χ1n) is 10.5. The van der Waals surface area contributed by atoms with Crippen molar-refractivity contribution in [2.24, 2.45) is 0 Å². The summed E-state index contributed by atoms with van der Waals surface area (Å²) >= 11 is 0. The number of aliphatic hydroxyl groups excluding tert-OH is 10. The third kappa shape index (κ3) is 7.56. The van der Waals surface area contributed by atoms with Crippen molar-refractivity contribution >= 4 is 7.82 Å². The monoisotopic (exact) mass is 540 g/mol. The predicted molar refractivity (Wildman–Crippen MR) is 107 cm³/mol. The van der Waals surface area contributed by atoms with Crippen molar-refractivity contribution < 1.29 is 83.8 Å². The third-order valence-electron chi connectivity index (χ3n) is 5.58. The molecule has 0 bridgehead atoms. The van der Waals surface area contributed by atoms with Gasteiger partial charge in [-0.25, -0.2) is 4.57 Å². The van der Waals surface area contributed by atoms with Gasteiger partial charge < -0.3 is 70.2 Å². The maximum atomic E-state index is 12.4. The minimum absolute atomic E-state index is 0.793. The predicted octanol–water partition coefficient (Wildman–Crippen LogP) is -6.15. The first kappa shape index (κ1) is 30.8. The van der Waals surface area contributed by atoms with Crippen LogP contribution in [-0.4, -0.2) is 156 Å². The van der Waals surface area contributed by atoms with Gasteiger partial charge in [0.05, 0.1) is 25.9 Å². The molecule has 14 atom stereocenters. The molecule has 0 aromatic heterocycles. The molecule has 11 N–H and O–H groups in total. The van der Waals surface area contributed by atoms with E-state index in [2.05, 4.69) is 4.52 Å². The molecule has 0 spiro atoms. The van der Waals surface area contributed by atoms with Crippen molar-refractivity contribution in [1.82, 2.24) is 0 Å². The zero-order chi connectivity index (χ0) is 26.7. The van der Waals surface area contributed by atoms with E-state index in [0.29, 0.717) is 0 Å². The number of hydrogen-bond acceptors (Lipinski definition) is 16. The molecular weight excluding hydrogens is 507 g/mol. The average Bonchev–Trinajstić information content (AvgIpc) is 2.82. The van der Waals surface area contributed by atoms with Crippen molar-refractivity contribution in [3.8, 4) is 0 Å². The lowest BCUT2D eigenvalue weighted by Gasteiger charge is -2.41. The van der Waals surface area contributed by atoms with Crippen molar-refractivity contribution in [2.45, 2.75) is 86.6 Å². The van der Waals surface area contributed by atoms with E-state index in [4.69, 9.17) is 28.9 Å². The Kier molecular flexibility index (Phi) is 11.4. The van der Waals surface area contributed by atoms with E-state index in [1.54, 1.807) is 0 Å². The minimum Gasteiger partial charge on any atom is -0.394 e. The third-order valence-corrected chi connectivity index (χ3v) is 6.56. The van der Waals surface area contributed by atoms with Crippen LogP contribution in [0.5, 0.6) is 0 Å². The van der Waals surface area contributed by atoms with Crippen LogP contribution in [0.15, 0.2) is 0 Å². The van der Waals surface area contributed by atoms with Gasteiger partial charge in [0.2, 0.25) is 0 Å². The highest BCUT2D eigenvalue weighted by molar-refractivity contribution is 7.47. The maximum absolute atomic E-state index is 12.4. The molecule has 2 fully saturated rings. The van der Waals surface area contributed by atoms with Crippen LogP contribution in [0.4, 0.5) is 0 Å². The van der Waals surface area contributed by atoms with Gasteiger partial charge in [0, 0.05) is 0 Å². The summed E-state index contributed by atoms with van der Waals surface area (Å²) in [6, 6.07) is 0. The normalized spacial score (nSPS) is 42.7. The van der Waals surface area contributed by atoms with E-state index in [1.165, 1.54) is 6.92 Å². The Morgan fingerprint density at radius 3 is 2.11 bits per heavy atom. The van der Waals surface area contributed by atoms with Crippen LogP contribution < -0.4 is 0 Å². The topological polar surface area (TPSA) is 286 Å². The lowest BCUT2D eigenvalue weighted by Crippen LogP contribution is -2.59. The average molecular weight is 540 g/mol. The second-order valence-electron chi connectivity index (χ2n) is 8.16. The van der Waals surface area contributed by atoms with E-state index >= 15 is 0 Å². The van der Waals surface area contributed by atoms with Crippen LogP contribution in [0.1, 0.15) is 6.92 Å². The van der Waals surface area contributed by atoms with Gasteiger partial charge in [-0.2, -0.15) is 0 Å². The summed E-state index contributed by atoms with van der Waals surface area (Å²) in [5.41, 5.74) is 0. The smallest absolute Gasteiger partial charge is 0.394 e. The fourth-order valence-electron chi connectivity index (χ4n) is 3.41. The summed E-state index contributed by atoms with van der Waals surface area (Å²) in [5.74, 6) is 0. The fraction of sp³-hybridized carbons (Fsp3) is 1.00. The molecule has 0 aromatic rings. The molecule has 208 valence electrons. The molecule has 35 heavy (non-hydrogen) atoms. The minimum atomic E-state index is -5.23. The van der Waals surface area contributed by atoms with E-state index in [1.807, 2.05) is 0 Å². The Labute approximate surface area is 198 Å². The Morgan fingerprint density at radius 2 is 1.54 bits per heavy atom. The highest BCUT2D eigenvalue weighted by atomic mass is 31.2. The first-order valence-corrected chi connectivity index (χ1v) is 12.0. The largest absolute Gasteiger partial charge is 0.472 e. The Morgan fingerprint density at radius 1 is 0.914 bits per heavy atom. The van der Waals surface area contributed by atoms with Crippen molar-refractivity contribution in [3.05, 3.63) is 0 Å². The summed E-state index contributed by atoms with van der Waals surface area (Å²) in [5, 5.41) is 97.7. The van der Waals surface area contributed by atoms with Gasteiger partial charge in [0.1, 0.15) is 61.0 Å². The van der Waals surface area contributed by atoms with Crippen molar-refractivity contribution in [1.29, 1.82) is 0 Å². The fourth-order valence-corrected chi connectivity index (χ4v) is 4.34. The molecule has 0 radical (unpaired) electrons. The molecule has 2 heterocycles. The van der Waals surface area contributed by atoms with Gasteiger partial charge in [-0.05, 0) is 6.92 Å². The van der Waals surface area contributed by atoms with Crippen LogP contribution in [0, 0.1) is 0 Å². The summed E-state index contributed by atoms with van der Waals surface area (Å²) < 4.78 is 37.0. The van der Waals surface area contributed by atoms with Gasteiger partial charge in [-0.15, -0.1) is 0 Å². The number of phosphoric acid groups is 1. The zero-order valence-electron chi connectivity index (χ0n) is 18.4. The number of phosphoric ester groups is 1. The summed E-state index contributed by atoms with van der Waals surface area (Å²) in [6.45, 7) is -1.52. The zero-order valence-corrected chi connectivity index (χ0v) is 19.3. The summed E-state index contributed by atoms with van der Waals surface area (Å²) in [7, 11) is -5.23. The van der Waals surface area contributed by atoms with Gasteiger partial charge in [-0.3, -0.25) is 9.05 Å². The maximum Gasteiger partial charge on any atom is 0.472 e. The molecule has 0 aromatic carbocycles. The van der Waals surface area contributed by atoms with Gasteiger partial charge in [0.25, 0.3) is 0 Å². The van der Waals surface area contributed by atoms with E-state index in [0.717, 1.165) is 0 Å². The summed E-state index contributed by atoms with van der Waals surface area (Å²) in [4.78, 5) is 10.0. The molecular formula is C17H33O17P. The quantitative estimate of drug-likeness (QED) is 0.109. The molecule has 0 amide bonds. The van der Waals surface area contributed by atoms with Crippen molar-refractivity contribution in [2.75, 3.05) is 19.8 Å². The Hall–Kier alpha value is -0.410. The molecule has 0 aliphatic carbocycles. The highest BCUT2D eigenvalue weighted by Crippen LogP contribution is 2.47. The van der Waals surface area contributed by atoms with Crippen LogP contribution in [0.25, 0.3) is 0 Å². The Bertz CT molecular complexity index is 700. The van der Waals surface area contributed by atoms with Crippen LogP contribution in [0.3, 0.4) is 0 Å². The summed E-state index contributed by atoms with van der Waals surface area (Å²) in [6.07, 6.45) is -22.8. The second kappa shape index (κ2) is 12.9. The van der Waals surface area contributed by atoms with Gasteiger partial charge in [0.15, 0.2) is 12.6 Å². The van der Waals surface area contributed by atoms with Crippen LogP contribution in [0.2, 0.25) is 0 Å². The standard InChI is InChI=1S/C17H33O17P/c1-5-9(21)12(24)14(26)17(31-5)33-8(10(22)6(20)2-18)4-30-35(28,29)34-15-13(25)11(23)7(3-19)32-16(15)27/h5-27H,2-4H2,1H3,(H,28,29)/t5-,6-,7+,8+,9-,10-,11-,12+,13-,14+,15+,16-,17-/m0/s1. The Balaban J connectivity index is 2.10. The molecule has 17 nitrogen and oxygen atoms in total. The molecule has 2 rings (SSSR count). The molecule has 2 aliphatic rings. The first-order chi connectivity index (χ1) is 16.2. The number of hydrogen-bond donors (Lipinski definition) is 11. The lowest BCUT2D eigenvalue weighted by molar-refractivity contribution is -0.315. The van der Waals surface area contributed by atoms with Crippen molar-refractivity contribution in [3.63, 3.8) is 0 Å². The molecule has 2 aliphatic heterocycles. The second-order valence-corrected chi connectivity index (χ2v) is 9.57.